The first kappa shape index (κ1) is 20.0. The molecule has 0 unspecified atom stereocenters. The Morgan fingerprint density at radius 2 is 1.97 bits per heavy atom. The van der Waals surface area contributed by atoms with E-state index in [1.807, 2.05) is 13.1 Å². The molecule has 0 bridgehead atoms. The molecular weight excluding hydrogens is 376 g/mol. The number of aliphatic hydroxyl groups is 1. The van der Waals surface area contributed by atoms with Gasteiger partial charge < -0.3 is 10.0 Å². The highest BCUT2D eigenvalue weighted by Gasteiger charge is 2.58. The Balaban J connectivity index is 1.57. The maximum absolute atomic E-state index is 13.7. The normalized spacial score (nSPS) is 26.4. The molecule has 4 rings (SSSR count). The monoisotopic (exact) mass is 403 g/mol. The van der Waals surface area contributed by atoms with E-state index in [2.05, 4.69) is 5.10 Å². The number of alkyl halides is 2. The summed E-state index contributed by atoms with van der Waals surface area (Å²) in [5.41, 5.74) is 0.555. The number of amides is 1. The summed E-state index contributed by atoms with van der Waals surface area (Å²) >= 11 is 0. The van der Waals surface area contributed by atoms with Crippen LogP contribution in [0, 0.1) is 0 Å². The van der Waals surface area contributed by atoms with Crippen molar-refractivity contribution in [1.82, 2.24) is 14.7 Å². The van der Waals surface area contributed by atoms with E-state index in [1.165, 1.54) is 0 Å². The third kappa shape index (κ3) is 3.80. The molecule has 2 fully saturated rings. The molecule has 1 saturated heterocycles. The van der Waals surface area contributed by atoms with E-state index in [-0.39, 0.29) is 24.4 Å². The number of carbonyl (C=O) groups excluding carboxylic acids is 1. The second-order valence-electron chi connectivity index (χ2n) is 8.91. The molecule has 1 aromatic heterocycles. The zero-order valence-corrected chi connectivity index (χ0v) is 17.0. The van der Waals surface area contributed by atoms with Crippen LogP contribution >= 0.6 is 0 Å². The molecule has 1 N–H and O–H groups in total. The van der Waals surface area contributed by atoms with Crippen LogP contribution in [0.4, 0.5) is 8.78 Å². The van der Waals surface area contributed by atoms with Gasteiger partial charge in [0.15, 0.2) is 0 Å². The molecule has 0 spiro atoms. The fourth-order valence-electron chi connectivity index (χ4n) is 4.14. The van der Waals surface area contributed by atoms with E-state index < -0.39 is 17.4 Å². The fraction of sp³-hybridized carbons (Fsp3) is 0.545. The summed E-state index contributed by atoms with van der Waals surface area (Å²) in [4.78, 5) is 15.1. The average Bonchev–Trinajstić information content (AvgIpc) is 3.06. The third-order valence-corrected chi connectivity index (χ3v) is 6.19. The van der Waals surface area contributed by atoms with E-state index >= 15 is 0 Å². The molecule has 1 aromatic carbocycles. The number of benzene rings is 1. The third-order valence-electron chi connectivity index (χ3n) is 6.19. The van der Waals surface area contributed by atoms with Gasteiger partial charge in [0.1, 0.15) is 0 Å². The van der Waals surface area contributed by atoms with Crippen LogP contribution in [-0.2, 0) is 5.60 Å². The van der Waals surface area contributed by atoms with E-state index in [0.717, 1.165) is 18.4 Å². The predicted octanol–water partition coefficient (Wildman–Crippen LogP) is 4.10. The van der Waals surface area contributed by atoms with Crippen molar-refractivity contribution in [2.75, 3.05) is 6.54 Å². The Bertz CT molecular complexity index is 919. The van der Waals surface area contributed by atoms with Gasteiger partial charge in [-0.2, -0.15) is 5.10 Å². The summed E-state index contributed by atoms with van der Waals surface area (Å²) in [5, 5.41) is 14.6. The van der Waals surface area contributed by atoms with Crippen LogP contribution in [0.5, 0.6) is 0 Å². The van der Waals surface area contributed by atoms with Crippen LogP contribution in [0.25, 0.3) is 0 Å². The molecule has 7 heteroatoms. The Labute approximate surface area is 169 Å². The van der Waals surface area contributed by atoms with Gasteiger partial charge in [-0.3, -0.25) is 9.48 Å². The highest BCUT2D eigenvalue weighted by Crippen LogP contribution is 2.56. The number of aromatic nitrogens is 2. The molecule has 1 aliphatic heterocycles. The lowest BCUT2D eigenvalue weighted by Crippen LogP contribution is -2.46. The second kappa shape index (κ2) is 6.90. The molecular formula is C22H27F2N3O2. The number of nitrogens with zero attached hydrogens (tertiary/aromatic N) is 3. The number of halogens is 2. The average molecular weight is 403 g/mol. The van der Waals surface area contributed by atoms with Crippen molar-refractivity contribution < 1.29 is 18.7 Å². The summed E-state index contributed by atoms with van der Waals surface area (Å²) in [6.45, 7) is 5.87. The maximum Gasteiger partial charge on any atom is 0.255 e. The smallest absolute Gasteiger partial charge is 0.255 e. The standard InChI is InChI=1S/C22H27F2N3O2/c1-14-8-9-16(27-12-15(11-25-27)21(2,3)29)13-26(14)20(28)18-7-5-4-6-17(18)19-10-22(19,23)24/h4-7,11-12,14,16,19,29H,8-10,13H2,1-3H3/t14-,16-,19-/m1/s1. The van der Waals surface area contributed by atoms with Crippen molar-refractivity contribution in [3.05, 3.63) is 53.3 Å². The first-order valence-corrected chi connectivity index (χ1v) is 10.1. The van der Waals surface area contributed by atoms with Gasteiger partial charge in [0.2, 0.25) is 0 Å². The van der Waals surface area contributed by atoms with Crippen LogP contribution in [0.15, 0.2) is 36.7 Å². The molecule has 0 radical (unpaired) electrons. The van der Waals surface area contributed by atoms with Crippen LogP contribution in [-0.4, -0.2) is 44.2 Å². The van der Waals surface area contributed by atoms with Crippen LogP contribution in [0.1, 0.15) is 73.5 Å². The minimum Gasteiger partial charge on any atom is -0.386 e. The summed E-state index contributed by atoms with van der Waals surface area (Å²) in [6, 6.07) is 6.75. The summed E-state index contributed by atoms with van der Waals surface area (Å²) < 4.78 is 29.1. The van der Waals surface area contributed by atoms with Crippen molar-refractivity contribution in [3.63, 3.8) is 0 Å². The van der Waals surface area contributed by atoms with E-state index in [4.69, 9.17) is 0 Å². The first-order chi connectivity index (χ1) is 13.6. The van der Waals surface area contributed by atoms with Crippen molar-refractivity contribution in [1.29, 1.82) is 0 Å². The quantitative estimate of drug-likeness (QED) is 0.836. The van der Waals surface area contributed by atoms with Crippen LogP contribution in [0.3, 0.4) is 0 Å². The molecule has 3 atom stereocenters. The Hall–Kier alpha value is -2.28. The minimum absolute atomic E-state index is 0.0132. The minimum atomic E-state index is -2.71. The van der Waals surface area contributed by atoms with E-state index in [9.17, 15) is 18.7 Å². The van der Waals surface area contributed by atoms with Gasteiger partial charge in [0.25, 0.3) is 11.8 Å². The van der Waals surface area contributed by atoms with Crippen LogP contribution in [0.2, 0.25) is 0 Å². The summed E-state index contributed by atoms with van der Waals surface area (Å²) in [6.07, 6.45) is 4.94. The van der Waals surface area contributed by atoms with Gasteiger partial charge in [-0.15, -0.1) is 0 Å². The van der Waals surface area contributed by atoms with Crippen molar-refractivity contribution in [2.24, 2.45) is 0 Å². The predicted molar refractivity (Wildman–Crippen MR) is 105 cm³/mol. The molecule has 2 aromatic rings. The van der Waals surface area contributed by atoms with Crippen molar-refractivity contribution in [2.45, 2.75) is 69.6 Å². The molecule has 5 nitrogen and oxygen atoms in total. The molecule has 156 valence electrons. The topological polar surface area (TPSA) is 58.4 Å². The van der Waals surface area contributed by atoms with Gasteiger partial charge in [-0.1, -0.05) is 18.2 Å². The molecule has 2 heterocycles. The van der Waals surface area contributed by atoms with Crippen molar-refractivity contribution >= 4 is 5.91 Å². The number of carbonyl (C=O) groups is 1. The van der Waals surface area contributed by atoms with E-state index in [1.54, 1.807) is 53.9 Å². The van der Waals surface area contributed by atoms with Crippen molar-refractivity contribution in [3.8, 4) is 0 Å². The number of piperidine rings is 1. The van der Waals surface area contributed by atoms with Gasteiger partial charge >= 0.3 is 0 Å². The number of likely N-dealkylation sites (tertiary alicyclic amines) is 1. The fourth-order valence-corrected chi connectivity index (χ4v) is 4.14. The number of hydrogen-bond acceptors (Lipinski definition) is 3. The highest BCUT2D eigenvalue weighted by molar-refractivity contribution is 5.96. The molecule has 1 saturated carbocycles. The largest absolute Gasteiger partial charge is 0.386 e. The second-order valence-corrected chi connectivity index (χ2v) is 8.91. The molecule has 1 amide bonds. The molecule has 1 aliphatic carbocycles. The zero-order valence-electron chi connectivity index (χ0n) is 17.0. The SMILES string of the molecule is C[C@@H]1CC[C@@H](n2cc(C(C)(C)O)cn2)CN1C(=O)c1ccccc1[C@H]1CC1(F)F. The van der Waals surface area contributed by atoms with E-state index in [0.29, 0.717) is 17.7 Å². The van der Waals surface area contributed by atoms with Gasteiger partial charge in [-0.25, -0.2) is 8.78 Å². The zero-order chi connectivity index (χ0) is 21.0. The van der Waals surface area contributed by atoms with Gasteiger partial charge in [0.05, 0.1) is 23.8 Å². The number of hydrogen-bond donors (Lipinski definition) is 1. The van der Waals surface area contributed by atoms with Crippen LogP contribution < -0.4 is 0 Å². The summed E-state index contributed by atoms with van der Waals surface area (Å²) in [7, 11) is 0. The lowest BCUT2D eigenvalue weighted by atomic mass is 9.96. The Morgan fingerprint density at radius 3 is 2.59 bits per heavy atom. The number of rotatable bonds is 4. The lowest BCUT2D eigenvalue weighted by molar-refractivity contribution is 0.0554. The molecule has 29 heavy (non-hydrogen) atoms. The van der Waals surface area contributed by atoms with Gasteiger partial charge in [0, 0.05) is 36.3 Å². The first-order valence-electron chi connectivity index (χ1n) is 10.1. The summed E-state index contributed by atoms with van der Waals surface area (Å²) in [5.74, 6) is -3.77. The Morgan fingerprint density at radius 1 is 1.28 bits per heavy atom. The highest BCUT2D eigenvalue weighted by atomic mass is 19.3. The maximum atomic E-state index is 13.7. The molecule has 2 aliphatic rings. The van der Waals surface area contributed by atoms with Gasteiger partial charge in [-0.05, 0) is 45.2 Å². The lowest BCUT2D eigenvalue weighted by Gasteiger charge is -2.38. The Kier molecular flexibility index (Phi) is 4.76.